The number of hydrogen-bond acceptors (Lipinski definition) is 3. The van der Waals surface area contributed by atoms with Gasteiger partial charge in [0.1, 0.15) is 10.4 Å². The summed E-state index contributed by atoms with van der Waals surface area (Å²) in [5.41, 5.74) is 0. The molecule has 4 nitrogen and oxygen atoms in total. The average Bonchev–Trinajstić information content (AvgIpc) is 2.40. The fourth-order valence-electron chi connectivity index (χ4n) is 2.11. The number of rotatable bonds is 4. The summed E-state index contributed by atoms with van der Waals surface area (Å²) in [6, 6.07) is 5.70. The van der Waals surface area contributed by atoms with Crippen molar-refractivity contribution in [1.29, 1.82) is 0 Å². The number of pyridine rings is 1. The third-order valence-corrected chi connectivity index (χ3v) is 3.51. The van der Waals surface area contributed by atoms with Crippen LogP contribution in [0.5, 0.6) is 0 Å². The molecule has 1 aromatic heterocycles. The number of halogens is 1. The number of anilines is 1. The summed E-state index contributed by atoms with van der Waals surface area (Å²) in [5, 5.41) is 3.17. The first-order chi connectivity index (χ1) is 8.75. The summed E-state index contributed by atoms with van der Waals surface area (Å²) < 4.78 is 0.801. The van der Waals surface area contributed by atoms with E-state index in [1.807, 2.05) is 23.1 Å². The fraction of sp³-hybridized carbons (Fsp3) is 0.538. The van der Waals surface area contributed by atoms with E-state index in [0.717, 1.165) is 36.4 Å². The fourth-order valence-corrected chi connectivity index (χ4v) is 2.45. The molecule has 2 heterocycles. The van der Waals surface area contributed by atoms with Crippen molar-refractivity contribution in [2.45, 2.75) is 25.7 Å². The van der Waals surface area contributed by atoms with Crippen molar-refractivity contribution in [2.24, 2.45) is 0 Å². The van der Waals surface area contributed by atoms with E-state index in [9.17, 15) is 4.79 Å². The van der Waals surface area contributed by atoms with Gasteiger partial charge in [-0.15, -0.1) is 0 Å². The molecule has 1 aromatic rings. The predicted octanol–water partition coefficient (Wildman–Crippen LogP) is 2.66. The highest BCUT2D eigenvalue weighted by molar-refractivity contribution is 9.10. The number of likely N-dealkylation sites (tertiary alicyclic amines) is 1. The minimum absolute atomic E-state index is 0.247. The van der Waals surface area contributed by atoms with Crippen LogP contribution in [0.4, 0.5) is 5.82 Å². The van der Waals surface area contributed by atoms with Crippen molar-refractivity contribution < 1.29 is 4.79 Å². The smallest absolute Gasteiger partial charge is 0.224 e. The molecule has 5 heteroatoms. The molecule has 0 radical (unpaired) electrons. The number of amides is 1. The summed E-state index contributed by atoms with van der Waals surface area (Å²) in [6.07, 6.45) is 4.08. The molecule has 2 rings (SSSR count). The van der Waals surface area contributed by atoms with Gasteiger partial charge in [0.15, 0.2) is 0 Å². The summed E-state index contributed by atoms with van der Waals surface area (Å²) >= 11 is 3.32. The third-order valence-electron chi connectivity index (χ3n) is 3.07. The van der Waals surface area contributed by atoms with E-state index in [4.69, 9.17) is 0 Å². The number of piperidine rings is 1. The maximum atomic E-state index is 11.9. The highest BCUT2D eigenvalue weighted by Crippen LogP contribution is 2.11. The molecule has 0 aromatic carbocycles. The zero-order valence-corrected chi connectivity index (χ0v) is 11.9. The lowest BCUT2D eigenvalue weighted by Gasteiger charge is -2.26. The van der Waals surface area contributed by atoms with Gasteiger partial charge in [-0.2, -0.15) is 0 Å². The van der Waals surface area contributed by atoms with E-state index >= 15 is 0 Å². The van der Waals surface area contributed by atoms with Crippen LogP contribution < -0.4 is 5.32 Å². The molecule has 1 N–H and O–H groups in total. The van der Waals surface area contributed by atoms with E-state index < -0.39 is 0 Å². The number of nitrogens with zero attached hydrogens (tertiary/aromatic N) is 2. The lowest BCUT2D eigenvalue weighted by atomic mass is 10.1. The summed E-state index contributed by atoms with van der Waals surface area (Å²) in [7, 11) is 0. The van der Waals surface area contributed by atoms with Crippen LogP contribution in [0.15, 0.2) is 22.8 Å². The predicted molar refractivity (Wildman–Crippen MR) is 75.5 cm³/mol. The second kappa shape index (κ2) is 6.73. The van der Waals surface area contributed by atoms with E-state index in [-0.39, 0.29) is 5.91 Å². The van der Waals surface area contributed by atoms with Gasteiger partial charge in [-0.1, -0.05) is 6.07 Å². The lowest BCUT2D eigenvalue weighted by molar-refractivity contribution is -0.131. The highest BCUT2D eigenvalue weighted by atomic mass is 79.9. The number of carbonyl (C=O) groups is 1. The summed E-state index contributed by atoms with van der Waals surface area (Å²) in [6.45, 7) is 2.49. The molecule has 98 valence electrons. The number of nitrogens with one attached hydrogen (secondary N) is 1. The second-order valence-electron chi connectivity index (χ2n) is 4.46. The number of carbonyl (C=O) groups excluding carboxylic acids is 1. The van der Waals surface area contributed by atoms with Gasteiger partial charge in [-0.05, 0) is 47.3 Å². The topological polar surface area (TPSA) is 45.2 Å². The van der Waals surface area contributed by atoms with Crippen molar-refractivity contribution in [3.05, 3.63) is 22.8 Å². The van der Waals surface area contributed by atoms with Crippen LogP contribution in [0, 0.1) is 0 Å². The Morgan fingerprint density at radius 1 is 1.33 bits per heavy atom. The minimum atomic E-state index is 0.247. The molecule has 1 aliphatic heterocycles. The Kier molecular flexibility index (Phi) is 4.99. The van der Waals surface area contributed by atoms with Gasteiger partial charge in [-0.25, -0.2) is 4.98 Å². The second-order valence-corrected chi connectivity index (χ2v) is 5.28. The van der Waals surface area contributed by atoms with Crippen LogP contribution in [-0.4, -0.2) is 35.4 Å². The Morgan fingerprint density at radius 2 is 2.11 bits per heavy atom. The molecular formula is C13H18BrN3O. The van der Waals surface area contributed by atoms with E-state index in [1.165, 1.54) is 6.42 Å². The Labute approximate surface area is 116 Å². The zero-order valence-electron chi connectivity index (χ0n) is 10.4. The van der Waals surface area contributed by atoms with Crippen molar-refractivity contribution >= 4 is 27.7 Å². The van der Waals surface area contributed by atoms with Crippen molar-refractivity contribution in [1.82, 2.24) is 9.88 Å². The standard InChI is InChI=1S/C13H18BrN3O/c14-11-5-4-6-12(16-11)15-8-7-13(18)17-9-2-1-3-10-17/h4-6H,1-3,7-10H2,(H,15,16). The van der Waals surface area contributed by atoms with Crippen molar-refractivity contribution in [2.75, 3.05) is 25.0 Å². The quantitative estimate of drug-likeness (QED) is 0.870. The van der Waals surface area contributed by atoms with E-state index in [1.54, 1.807) is 0 Å². The molecule has 1 saturated heterocycles. The van der Waals surface area contributed by atoms with Gasteiger partial charge >= 0.3 is 0 Å². The SMILES string of the molecule is O=C(CCNc1cccc(Br)n1)N1CCCCC1. The summed E-state index contributed by atoms with van der Waals surface area (Å²) in [5.74, 6) is 1.05. The van der Waals surface area contributed by atoms with E-state index in [2.05, 4.69) is 26.2 Å². The maximum Gasteiger partial charge on any atom is 0.224 e. The molecule has 1 amide bonds. The van der Waals surface area contributed by atoms with Gasteiger partial charge in [0.25, 0.3) is 0 Å². The molecule has 0 atom stereocenters. The molecule has 0 unspecified atom stereocenters. The Morgan fingerprint density at radius 3 is 2.83 bits per heavy atom. The average molecular weight is 312 g/mol. The lowest BCUT2D eigenvalue weighted by Crippen LogP contribution is -2.36. The van der Waals surface area contributed by atoms with Crippen LogP contribution in [-0.2, 0) is 4.79 Å². The largest absolute Gasteiger partial charge is 0.370 e. The van der Waals surface area contributed by atoms with Gasteiger partial charge in [0, 0.05) is 26.1 Å². The molecule has 0 spiro atoms. The Bertz CT molecular complexity index is 405. The van der Waals surface area contributed by atoms with Crippen molar-refractivity contribution in [3.8, 4) is 0 Å². The van der Waals surface area contributed by atoms with Gasteiger partial charge in [0.05, 0.1) is 0 Å². The van der Waals surface area contributed by atoms with Gasteiger partial charge in [-0.3, -0.25) is 4.79 Å². The first kappa shape index (κ1) is 13.3. The molecule has 0 saturated carbocycles. The van der Waals surface area contributed by atoms with Crippen LogP contribution >= 0.6 is 15.9 Å². The van der Waals surface area contributed by atoms with Crippen LogP contribution in [0.3, 0.4) is 0 Å². The molecule has 18 heavy (non-hydrogen) atoms. The minimum Gasteiger partial charge on any atom is -0.370 e. The molecule has 0 bridgehead atoms. The number of aromatic nitrogens is 1. The normalized spacial score (nSPS) is 15.5. The van der Waals surface area contributed by atoms with Gasteiger partial charge in [0.2, 0.25) is 5.91 Å². The Hall–Kier alpha value is -1.10. The van der Waals surface area contributed by atoms with E-state index in [0.29, 0.717) is 13.0 Å². The number of hydrogen-bond donors (Lipinski definition) is 1. The van der Waals surface area contributed by atoms with Crippen LogP contribution in [0.25, 0.3) is 0 Å². The first-order valence-corrected chi connectivity index (χ1v) is 7.19. The third kappa shape index (κ3) is 3.98. The van der Waals surface area contributed by atoms with Crippen LogP contribution in [0.1, 0.15) is 25.7 Å². The molecule has 0 aliphatic carbocycles. The van der Waals surface area contributed by atoms with Crippen molar-refractivity contribution in [3.63, 3.8) is 0 Å². The highest BCUT2D eigenvalue weighted by Gasteiger charge is 2.15. The molecule has 1 fully saturated rings. The summed E-state index contributed by atoms with van der Waals surface area (Å²) in [4.78, 5) is 18.1. The monoisotopic (exact) mass is 311 g/mol. The first-order valence-electron chi connectivity index (χ1n) is 6.40. The zero-order chi connectivity index (χ0) is 12.8. The van der Waals surface area contributed by atoms with Crippen LogP contribution in [0.2, 0.25) is 0 Å². The Balaban J connectivity index is 1.73. The molecular weight excluding hydrogens is 294 g/mol. The van der Waals surface area contributed by atoms with Gasteiger partial charge < -0.3 is 10.2 Å². The maximum absolute atomic E-state index is 11.9. The molecule has 1 aliphatic rings.